The van der Waals surface area contributed by atoms with Crippen LogP contribution in [0.25, 0.3) is 0 Å². The third-order valence-corrected chi connectivity index (χ3v) is 4.69. The highest BCUT2D eigenvalue weighted by Gasteiger charge is 2.31. The molecule has 1 fully saturated rings. The van der Waals surface area contributed by atoms with E-state index in [0.717, 1.165) is 18.2 Å². The number of carbonyl (C=O) groups is 1. The summed E-state index contributed by atoms with van der Waals surface area (Å²) in [6, 6.07) is 10.6. The van der Waals surface area contributed by atoms with Crippen molar-refractivity contribution in [1.29, 1.82) is 0 Å². The van der Waals surface area contributed by atoms with Gasteiger partial charge in [0.15, 0.2) is 0 Å². The van der Waals surface area contributed by atoms with Crippen molar-refractivity contribution < 1.29 is 22.7 Å². The van der Waals surface area contributed by atoms with Gasteiger partial charge in [0.2, 0.25) is 0 Å². The van der Waals surface area contributed by atoms with Crippen LogP contribution in [0, 0.1) is 0 Å². The van der Waals surface area contributed by atoms with Gasteiger partial charge in [-0.2, -0.15) is 18.3 Å². The average molecular weight is 417 g/mol. The highest BCUT2D eigenvalue weighted by Crippen LogP contribution is 2.32. The molecule has 3 aromatic rings. The summed E-state index contributed by atoms with van der Waals surface area (Å²) < 4.78 is 44.4. The van der Waals surface area contributed by atoms with Gasteiger partial charge < -0.3 is 10.1 Å². The Kier molecular flexibility index (Phi) is 5.51. The molecule has 1 amide bonds. The summed E-state index contributed by atoms with van der Waals surface area (Å²) in [6.07, 6.45) is -2.49. The molecule has 1 aliphatic rings. The van der Waals surface area contributed by atoms with Crippen molar-refractivity contribution >= 4 is 17.4 Å². The second-order valence-electron chi connectivity index (χ2n) is 6.67. The third-order valence-electron chi connectivity index (χ3n) is 4.69. The minimum Gasteiger partial charge on any atom is -0.371 e. The Balaban J connectivity index is 1.68. The third kappa shape index (κ3) is 4.19. The molecule has 1 atom stereocenters. The molecule has 4 rings (SSSR count). The van der Waals surface area contributed by atoms with Crippen LogP contribution in [0.5, 0.6) is 0 Å². The van der Waals surface area contributed by atoms with Crippen molar-refractivity contribution in [1.82, 2.24) is 20.5 Å². The standard InChI is InChI=1S/C20H18F3N5O2/c21-20(22,23)14-3-6-18(25-11-14)28(19(29)16-7-8-26-27-16)15-4-1-13(2-5-15)17-12-24-9-10-30-17/h1-8,11,17,24H,9-10,12H2,(H,26,27)/t17-/m0/s1. The van der Waals surface area contributed by atoms with Crippen LogP contribution in [0.2, 0.25) is 0 Å². The van der Waals surface area contributed by atoms with Crippen LogP contribution in [0.15, 0.2) is 54.9 Å². The summed E-state index contributed by atoms with van der Waals surface area (Å²) in [7, 11) is 0. The van der Waals surface area contributed by atoms with Crippen LogP contribution in [-0.2, 0) is 10.9 Å². The summed E-state index contributed by atoms with van der Waals surface area (Å²) in [5, 5.41) is 9.60. The molecule has 0 bridgehead atoms. The monoisotopic (exact) mass is 417 g/mol. The first-order valence-corrected chi connectivity index (χ1v) is 9.23. The van der Waals surface area contributed by atoms with Gasteiger partial charge in [-0.1, -0.05) is 12.1 Å². The number of ether oxygens (including phenoxy) is 1. The number of rotatable bonds is 4. The number of pyridine rings is 1. The molecular formula is C20H18F3N5O2. The minimum absolute atomic E-state index is 0.0610. The first kappa shape index (κ1) is 20.0. The predicted molar refractivity (Wildman–Crippen MR) is 102 cm³/mol. The van der Waals surface area contributed by atoms with Gasteiger partial charge in [0, 0.05) is 25.5 Å². The van der Waals surface area contributed by atoms with E-state index < -0.39 is 17.6 Å². The van der Waals surface area contributed by atoms with Crippen molar-refractivity contribution in [2.24, 2.45) is 0 Å². The largest absolute Gasteiger partial charge is 0.417 e. The average Bonchev–Trinajstić information content (AvgIpc) is 3.30. The van der Waals surface area contributed by atoms with E-state index in [4.69, 9.17) is 4.74 Å². The van der Waals surface area contributed by atoms with Crippen LogP contribution in [0.4, 0.5) is 24.7 Å². The van der Waals surface area contributed by atoms with E-state index in [9.17, 15) is 18.0 Å². The zero-order valence-corrected chi connectivity index (χ0v) is 15.7. The Morgan fingerprint density at radius 1 is 1.13 bits per heavy atom. The predicted octanol–water partition coefficient (Wildman–Crippen LogP) is 3.46. The van der Waals surface area contributed by atoms with E-state index in [-0.39, 0.29) is 17.6 Å². The number of carbonyl (C=O) groups excluding carboxylic acids is 1. The lowest BCUT2D eigenvalue weighted by molar-refractivity contribution is -0.137. The van der Waals surface area contributed by atoms with E-state index in [1.807, 2.05) is 12.1 Å². The smallest absolute Gasteiger partial charge is 0.371 e. The van der Waals surface area contributed by atoms with Crippen molar-refractivity contribution in [3.8, 4) is 0 Å². The number of nitrogens with one attached hydrogen (secondary N) is 2. The number of benzene rings is 1. The summed E-state index contributed by atoms with van der Waals surface area (Å²) in [6.45, 7) is 2.07. The maximum absolute atomic E-state index is 13.0. The molecule has 1 saturated heterocycles. The van der Waals surface area contributed by atoms with Gasteiger partial charge in [0.1, 0.15) is 11.5 Å². The lowest BCUT2D eigenvalue weighted by atomic mass is 10.1. The lowest BCUT2D eigenvalue weighted by Crippen LogP contribution is -2.33. The second-order valence-corrected chi connectivity index (χ2v) is 6.67. The zero-order valence-electron chi connectivity index (χ0n) is 15.7. The van der Waals surface area contributed by atoms with Gasteiger partial charge in [0.05, 0.1) is 24.0 Å². The first-order valence-electron chi connectivity index (χ1n) is 9.23. The second kappa shape index (κ2) is 8.25. The van der Waals surface area contributed by atoms with E-state index in [1.165, 1.54) is 23.2 Å². The molecule has 0 aliphatic carbocycles. The highest BCUT2D eigenvalue weighted by molar-refractivity contribution is 6.09. The molecule has 10 heteroatoms. The maximum atomic E-state index is 13.0. The van der Waals surface area contributed by atoms with Crippen molar-refractivity contribution in [2.45, 2.75) is 12.3 Å². The summed E-state index contributed by atoms with van der Waals surface area (Å²) in [4.78, 5) is 18.1. The van der Waals surface area contributed by atoms with E-state index in [0.29, 0.717) is 25.0 Å². The van der Waals surface area contributed by atoms with Crippen LogP contribution < -0.4 is 10.2 Å². The number of hydrogen-bond donors (Lipinski definition) is 2. The van der Waals surface area contributed by atoms with Crippen LogP contribution in [0.3, 0.4) is 0 Å². The fourth-order valence-corrected chi connectivity index (χ4v) is 3.15. The number of alkyl halides is 3. The zero-order chi connectivity index (χ0) is 21.1. The highest BCUT2D eigenvalue weighted by atomic mass is 19.4. The number of halogens is 3. The van der Waals surface area contributed by atoms with Crippen molar-refractivity contribution in [3.63, 3.8) is 0 Å². The van der Waals surface area contributed by atoms with Crippen LogP contribution in [-0.4, -0.2) is 40.8 Å². The van der Waals surface area contributed by atoms with Crippen molar-refractivity contribution in [3.05, 3.63) is 71.7 Å². The quantitative estimate of drug-likeness (QED) is 0.679. The summed E-state index contributed by atoms with van der Waals surface area (Å²) in [5.74, 6) is -0.436. The summed E-state index contributed by atoms with van der Waals surface area (Å²) >= 11 is 0. The molecule has 1 aromatic carbocycles. The van der Waals surface area contributed by atoms with Gasteiger partial charge in [-0.15, -0.1) is 0 Å². The molecule has 1 aliphatic heterocycles. The molecular weight excluding hydrogens is 399 g/mol. The van der Waals surface area contributed by atoms with Crippen LogP contribution >= 0.6 is 0 Å². The number of morpholine rings is 1. The number of anilines is 2. The van der Waals surface area contributed by atoms with Gasteiger partial charge in [-0.25, -0.2) is 4.98 Å². The Morgan fingerprint density at radius 2 is 1.93 bits per heavy atom. The van der Waals surface area contributed by atoms with E-state index in [2.05, 4.69) is 20.5 Å². The van der Waals surface area contributed by atoms with Gasteiger partial charge in [-0.3, -0.25) is 14.8 Å². The molecule has 0 unspecified atom stereocenters. The number of nitrogens with zero attached hydrogens (tertiary/aromatic N) is 3. The normalized spacial score (nSPS) is 17.0. The maximum Gasteiger partial charge on any atom is 0.417 e. The van der Waals surface area contributed by atoms with E-state index in [1.54, 1.807) is 12.1 Å². The Morgan fingerprint density at radius 3 is 2.50 bits per heavy atom. The fraction of sp³-hybridized carbons (Fsp3) is 0.250. The molecule has 0 radical (unpaired) electrons. The summed E-state index contributed by atoms with van der Waals surface area (Å²) in [5.41, 5.74) is 0.674. The lowest BCUT2D eigenvalue weighted by Gasteiger charge is -2.25. The number of H-pyrrole nitrogens is 1. The topological polar surface area (TPSA) is 83.1 Å². The molecule has 0 spiro atoms. The van der Waals surface area contributed by atoms with Crippen molar-refractivity contribution in [2.75, 3.05) is 24.6 Å². The Bertz CT molecular complexity index is 983. The first-order chi connectivity index (χ1) is 14.4. The van der Waals surface area contributed by atoms with Gasteiger partial charge >= 0.3 is 6.18 Å². The van der Waals surface area contributed by atoms with E-state index >= 15 is 0 Å². The Labute approximate surface area is 169 Å². The fourth-order valence-electron chi connectivity index (χ4n) is 3.15. The number of aromatic amines is 1. The number of aromatic nitrogens is 3. The molecule has 30 heavy (non-hydrogen) atoms. The molecule has 2 aromatic heterocycles. The molecule has 3 heterocycles. The van der Waals surface area contributed by atoms with Gasteiger partial charge in [0.25, 0.3) is 5.91 Å². The number of hydrogen-bond acceptors (Lipinski definition) is 5. The molecule has 2 N–H and O–H groups in total. The minimum atomic E-state index is -4.51. The SMILES string of the molecule is O=C(c1ccn[nH]1)N(c1ccc([C@@H]2CNCCO2)cc1)c1ccc(C(F)(F)F)cn1. The molecule has 156 valence electrons. The molecule has 7 nitrogen and oxygen atoms in total. The Hall–Kier alpha value is -3.24. The molecule has 0 saturated carbocycles. The van der Waals surface area contributed by atoms with Crippen LogP contribution in [0.1, 0.15) is 27.7 Å². The van der Waals surface area contributed by atoms with Gasteiger partial charge in [-0.05, 0) is 35.9 Å². The number of amides is 1.